The lowest BCUT2D eigenvalue weighted by Crippen LogP contribution is -2.45. The molecular weight excluding hydrogens is 342 g/mol. The standard InChI is InChI=1S/C17H23N3O6/c1-17(2,9-8-13(21)22)20-16(25)19-12-6-4-11(5-7-12)15(24)18-10-14(23)26-3/h4-7H,8-10H2,1-3H3,(H,18,24)(H,21,22)(H2,19,20,25). The second-order valence-electron chi connectivity index (χ2n) is 6.19. The first-order valence-corrected chi connectivity index (χ1v) is 7.89. The molecule has 9 heteroatoms. The Hall–Kier alpha value is -3.10. The molecule has 0 spiro atoms. The number of carboxylic acids is 1. The quantitative estimate of drug-likeness (QED) is 0.514. The van der Waals surface area contributed by atoms with E-state index in [4.69, 9.17) is 5.11 Å². The molecule has 0 aliphatic carbocycles. The number of carboxylic acid groups (broad SMARTS) is 1. The van der Waals surface area contributed by atoms with Crippen molar-refractivity contribution in [3.05, 3.63) is 29.8 Å². The third-order valence-electron chi connectivity index (χ3n) is 3.44. The summed E-state index contributed by atoms with van der Waals surface area (Å²) in [5.41, 5.74) is 0.0959. The molecule has 0 fully saturated rings. The van der Waals surface area contributed by atoms with Crippen LogP contribution >= 0.6 is 0 Å². The van der Waals surface area contributed by atoms with Crippen LogP contribution in [0.2, 0.25) is 0 Å². The van der Waals surface area contributed by atoms with Gasteiger partial charge < -0.3 is 25.8 Å². The number of nitrogens with one attached hydrogen (secondary N) is 3. The van der Waals surface area contributed by atoms with Crippen LogP contribution in [-0.4, -0.2) is 48.2 Å². The van der Waals surface area contributed by atoms with Crippen LogP contribution in [0.4, 0.5) is 10.5 Å². The van der Waals surface area contributed by atoms with Gasteiger partial charge in [0.1, 0.15) is 6.54 Å². The maximum absolute atomic E-state index is 12.0. The molecule has 0 aromatic heterocycles. The largest absolute Gasteiger partial charge is 0.481 e. The summed E-state index contributed by atoms with van der Waals surface area (Å²) in [6.45, 7) is 3.22. The number of hydrogen-bond donors (Lipinski definition) is 4. The third-order valence-corrected chi connectivity index (χ3v) is 3.44. The Balaban J connectivity index is 2.55. The van der Waals surface area contributed by atoms with Crippen molar-refractivity contribution in [1.82, 2.24) is 10.6 Å². The van der Waals surface area contributed by atoms with E-state index in [1.807, 2.05) is 0 Å². The molecule has 0 bridgehead atoms. The lowest BCUT2D eigenvalue weighted by molar-refractivity contribution is -0.139. The SMILES string of the molecule is COC(=O)CNC(=O)c1ccc(NC(=O)NC(C)(C)CCC(=O)O)cc1. The number of benzene rings is 1. The van der Waals surface area contributed by atoms with Gasteiger partial charge in [0.25, 0.3) is 5.91 Å². The fourth-order valence-corrected chi connectivity index (χ4v) is 1.98. The van der Waals surface area contributed by atoms with Crippen molar-refractivity contribution in [3.8, 4) is 0 Å². The smallest absolute Gasteiger partial charge is 0.325 e. The van der Waals surface area contributed by atoms with Gasteiger partial charge in [-0.15, -0.1) is 0 Å². The highest BCUT2D eigenvalue weighted by molar-refractivity contribution is 5.97. The van der Waals surface area contributed by atoms with Crippen LogP contribution in [0.1, 0.15) is 37.0 Å². The van der Waals surface area contributed by atoms with E-state index < -0.39 is 29.4 Å². The number of ether oxygens (including phenoxy) is 1. The van der Waals surface area contributed by atoms with Crippen molar-refractivity contribution >= 4 is 29.6 Å². The number of aliphatic carboxylic acids is 1. The molecule has 0 heterocycles. The predicted octanol–water partition coefficient (Wildman–Crippen LogP) is 1.35. The number of rotatable bonds is 8. The molecule has 0 atom stereocenters. The van der Waals surface area contributed by atoms with Crippen LogP contribution < -0.4 is 16.0 Å². The summed E-state index contributed by atoms with van der Waals surface area (Å²) in [7, 11) is 1.23. The Morgan fingerprint density at radius 1 is 1.12 bits per heavy atom. The molecule has 0 aliphatic heterocycles. The topological polar surface area (TPSA) is 134 Å². The van der Waals surface area contributed by atoms with Crippen molar-refractivity contribution in [3.63, 3.8) is 0 Å². The minimum absolute atomic E-state index is 0.0529. The molecule has 3 amide bonds. The van der Waals surface area contributed by atoms with E-state index in [9.17, 15) is 19.2 Å². The number of esters is 1. The summed E-state index contributed by atoms with van der Waals surface area (Å²) in [6.07, 6.45) is 0.234. The van der Waals surface area contributed by atoms with Gasteiger partial charge in [0, 0.05) is 23.2 Å². The van der Waals surface area contributed by atoms with E-state index in [-0.39, 0.29) is 19.4 Å². The second-order valence-corrected chi connectivity index (χ2v) is 6.19. The number of anilines is 1. The fraction of sp³-hybridized carbons (Fsp3) is 0.412. The number of carbonyl (C=O) groups is 4. The Morgan fingerprint density at radius 3 is 2.27 bits per heavy atom. The van der Waals surface area contributed by atoms with Gasteiger partial charge in [-0.25, -0.2) is 4.79 Å². The van der Waals surface area contributed by atoms with Crippen molar-refractivity contribution in [2.75, 3.05) is 19.0 Å². The average Bonchev–Trinajstić information content (AvgIpc) is 2.57. The first kappa shape index (κ1) is 20.9. The first-order valence-electron chi connectivity index (χ1n) is 7.89. The van der Waals surface area contributed by atoms with E-state index in [1.165, 1.54) is 31.4 Å². The maximum atomic E-state index is 12.0. The molecule has 0 saturated carbocycles. The summed E-state index contributed by atoms with van der Waals surface area (Å²) in [5.74, 6) is -1.93. The van der Waals surface area contributed by atoms with Crippen LogP contribution in [0.25, 0.3) is 0 Å². The minimum atomic E-state index is -0.929. The summed E-state index contributed by atoms with van der Waals surface area (Å²) in [4.78, 5) is 45.5. The van der Waals surface area contributed by atoms with Crippen LogP contribution in [0, 0.1) is 0 Å². The molecule has 9 nitrogen and oxygen atoms in total. The van der Waals surface area contributed by atoms with E-state index in [0.717, 1.165) is 0 Å². The lowest BCUT2D eigenvalue weighted by Gasteiger charge is -2.25. The second kappa shape index (κ2) is 9.40. The molecule has 26 heavy (non-hydrogen) atoms. The number of methoxy groups -OCH3 is 1. The van der Waals surface area contributed by atoms with Crippen molar-refractivity contribution < 1.29 is 29.0 Å². The average molecular weight is 365 g/mol. The van der Waals surface area contributed by atoms with Crippen molar-refractivity contribution in [2.45, 2.75) is 32.2 Å². The summed E-state index contributed by atoms with van der Waals surface area (Å²) < 4.78 is 4.43. The molecule has 1 aromatic rings. The molecule has 142 valence electrons. The number of urea groups is 1. The predicted molar refractivity (Wildman–Crippen MR) is 93.9 cm³/mol. The monoisotopic (exact) mass is 365 g/mol. The van der Waals surface area contributed by atoms with Crippen molar-refractivity contribution in [1.29, 1.82) is 0 Å². The third kappa shape index (κ3) is 7.65. The highest BCUT2D eigenvalue weighted by atomic mass is 16.5. The minimum Gasteiger partial charge on any atom is -0.481 e. The zero-order valence-corrected chi connectivity index (χ0v) is 14.9. The zero-order chi connectivity index (χ0) is 19.7. The van der Waals surface area contributed by atoms with Crippen LogP contribution in [0.15, 0.2) is 24.3 Å². The molecule has 0 saturated heterocycles. The van der Waals surface area contributed by atoms with Gasteiger partial charge in [0.15, 0.2) is 0 Å². The highest BCUT2D eigenvalue weighted by Crippen LogP contribution is 2.13. The first-order chi connectivity index (χ1) is 12.1. The van der Waals surface area contributed by atoms with Gasteiger partial charge in [0.05, 0.1) is 7.11 Å². The van der Waals surface area contributed by atoms with Crippen LogP contribution in [0.3, 0.4) is 0 Å². The molecule has 0 unspecified atom stereocenters. The Morgan fingerprint density at radius 2 is 1.73 bits per heavy atom. The van der Waals surface area contributed by atoms with Crippen LogP contribution in [-0.2, 0) is 14.3 Å². The van der Waals surface area contributed by atoms with Crippen LogP contribution in [0.5, 0.6) is 0 Å². The number of carbonyl (C=O) groups excluding carboxylic acids is 3. The van der Waals surface area contributed by atoms with Gasteiger partial charge in [0.2, 0.25) is 0 Å². The van der Waals surface area contributed by atoms with Gasteiger partial charge in [-0.1, -0.05) is 0 Å². The van der Waals surface area contributed by atoms with Gasteiger partial charge in [-0.05, 0) is 44.5 Å². The molecule has 0 radical (unpaired) electrons. The molecule has 0 aliphatic rings. The van der Waals surface area contributed by atoms with Gasteiger partial charge in [-0.2, -0.15) is 0 Å². The highest BCUT2D eigenvalue weighted by Gasteiger charge is 2.21. The Bertz CT molecular complexity index is 670. The van der Waals surface area contributed by atoms with Gasteiger partial charge in [-0.3, -0.25) is 14.4 Å². The van der Waals surface area contributed by atoms with Crippen molar-refractivity contribution in [2.24, 2.45) is 0 Å². The maximum Gasteiger partial charge on any atom is 0.325 e. The molecule has 1 aromatic carbocycles. The fourth-order valence-electron chi connectivity index (χ4n) is 1.98. The van der Waals surface area contributed by atoms with E-state index >= 15 is 0 Å². The number of hydrogen-bond acceptors (Lipinski definition) is 5. The lowest BCUT2D eigenvalue weighted by atomic mass is 9.99. The zero-order valence-electron chi connectivity index (χ0n) is 14.9. The summed E-state index contributed by atoms with van der Waals surface area (Å²) in [5, 5.41) is 16.4. The van der Waals surface area contributed by atoms with Gasteiger partial charge >= 0.3 is 18.0 Å². The Labute approximate surface area is 151 Å². The molecule has 1 rings (SSSR count). The molecular formula is C17H23N3O6. The normalized spacial score (nSPS) is 10.6. The Kier molecular flexibility index (Phi) is 7.57. The van der Waals surface area contributed by atoms with E-state index in [1.54, 1.807) is 13.8 Å². The number of amides is 3. The summed E-state index contributed by atoms with van der Waals surface area (Å²) >= 11 is 0. The molecule has 4 N–H and O–H groups in total. The summed E-state index contributed by atoms with van der Waals surface area (Å²) in [6, 6.07) is 5.59. The van der Waals surface area contributed by atoms with E-state index in [0.29, 0.717) is 11.3 Å². The van der Waals surface area contributed by atoms with E-state index in [2.05, 4.69) is 20.7 Å².